The van der Waals surface area contributed by atoms with Crippen LogP contribution in [-0.2, 0) is 4.79 Å². The zero-order valence-electron chi connectivity index (χ0n) is 12.7. The molecule has 1 saturated heterocycles. The van der Waals surface area contributed by atoms with Crippen molar-refractivity contribution < 1.29 is 4.79 Å². The maximum Gasteiger partial charge on any atom is 0.240 e. The van der Waals surface area contributed by atoms with E-state index in [0.717, 1.165) is 18.7 Å². The van der Waals surface area contributed by atoms with E-state index in [1.165, 1.54) is 19.3 Å². The van der Waals surface area contributed by atoms with Gasteiger partial charge in [0, 0.05) is 18.8 Å². The Hall–Kier alpha value is -1.10. The Balaban J connectivity index is 0.00000220. The summed E-state index contributed by atoms with van der Waals surface area (Å²) >= 11 is 0. The lowest BCUT2D eigenvalue weighted by molar-refractivity contribution is -0.120. The largest absolute Gasteiger partial charge is 0.330 e. The molecule has 1 heterocycles. The minimum atomic E-state index is 0. The van der Waals surface area contributed by atoms with Crippen molar-refractivity contribution in [1.29, 1.82) is 0 Å². The first kappa shape index (κ1) is 18.0. The quantitative estimate of drug-likeness (QED) is 0.907. The summed E-state index contributed by atoms with van der Waals surface area (Å²) in [6, 6.07) is 10.3. The lowest BCUT2D eigenvalue weighted by atomic mass is 9.99. The van der Waals surface area contributed by atoms with E-state index in [1.807, 2.05) is 37.4 Å². The molecule has 2 rings (SSSR count). The predicted octanol–water partition coefficient (Wildman–Crippen LogP) is 2.27. The fourth-order valence-electron chi connectivity index (χ4n) is 2.86. The van der Waals surface area contributed by atoms with Gasteiger partial charge in [0.25, 0.3) is 0 Å². The Morgan fingerprint density at radius 1 is 1.33 bits per heavy atom. The van der Waals surface area contributed by atoms with Crippen LogP contribution in [0.4, 0.5) is 5.69 Å². The number of likely N-dealkylation sites (N-methyl/N-ethyl adjacent to an activating group) is 1. The summed E-state index contributed by atoms with van der Waals surface area (Å²) in [5.74, 6) is 0.153. The van der Waals surface area contributed by atoms with Crippen LogP contribution < -0.4 is 10.6 Å². The first-order valence-corrected chi connectivity index (χ1v) is 7.48. The number of carbonyl (C=O) groups is 1. The number of piperidine rings is 1. The smallest absolute Gasteiger partial charge is 0.240 e. The number of likely N-dealkylation sites (tertiary alicyclic amines) is 1. The summed E-state index contributed by atoms with van der Waals surface area (Å²) < 4.78 is 0. The summed E-state index contributed by atoms with van der Waals surface area (Å²) in [6.07, 6.45) is 4.59. The molecule has 1 amide bonds. The highest BCUT2D eigenvalue weighted by atomic mass is 35.5. The van der Waals surface area contributed by atoms with Gasteiger partial charge in [-0.1, -0.05) is 24.6 Å². The van der Waals surface area contributed by atoms with Crippen molar-refractivity contribution in [2.45, 2.75) is 31.7 Å². The first-order valence-electron chi connectivity index (χ1n) is 7.48. The minimum absolute atomic E-state index is 0. The van der Waals surface area contributed by atoms with E-state index in [9.17, 15) is 4.79 Å². The lowest BCUT2D eigenvalue weighted by Crippen LogP contribution is -2.46. The topological polar surface area (TPSA) is 49.6 Å². The molecule has 1 atom stereocenters. The summed E-state index contributed by atoms with van der Waals surface area (Å²) in [6.45, 7) is 2.21. The van der Waals surface area contributed by atoms with Crippen molar-refractivity contribution in [3.63, 3.8) is 0 Å². The fourth-order valence-corrected chi connectivity index (χ4v) is 2.86. The van der Waals surface area contributed by atoms with Gasteiger partial charge in [0.05, 0.1) is 6.54 Å². The van der Waals surface area contributed by atoms with E-state index in [-0.39, 0.29) is 18.3 Å². The van der Waals surface area contributed by atoms with E-state index in [4.69, 9.17) is 5.73 Å². The normalized spacial score (nSPS) is 18.9. The number of amides is 1. The molecule has 2 N–H and O–H groups in total. The van der Waals surface area contributed by atoms with Gasteiger partial charge in [0.2, 0.25) is 5.91 Å². The molecule has 0 spiro atoms. The van der Waals surface area contributed by atoms with E-state index < -0.39 is 0 Å². The van der Waals surface area contributed by atoms with Crippen LogP contribution in [0.25, 0.3) is 0 Å². The number of carbonyl (C=O) groups excluding carboxylic acids is 1. The summed E-state index contributed by atoms with van der Waals surface area (Å²) in [5.41, 5.74) is 6.63. The Bertz CT molecular complexity index is 425. The van der Waals surface area contributed by atoms with Crippen molar-refractivity contribution in [1.82, 2.24) is 4.90 Å². The Kier molecular flexibility index (Phi) is 7.72. The number of nitrogens with two attached hydrogens (primary N) is 1. The molecule has 0 bridgehead atoms. The van der Waals surface area contributed by atoms with E-state index in [1.54, 1.807) is 4.90 Å². The molecule has 5 heteroatoms. The molecule has 118 valence electrons. The van der Waals surface area contributed by atoms with Gasteiger partial charge in [-0.15, -0.1) is 12.4 Å². The number of halogens is 1. The summed E-state index contributed by atoms with van der Waals surface area (Å²) in [7, 11) is 1.85. The highest BCUT2D eigenvalue weighted by molar-refractivity contribution is 5.94. The number of hydrogen-bond donors (Lipinski definition) is 1. The van der Waals surface area contributed by atoms with Gasteiger partial charge in [-0.2, -0.15) is 0 Å². The highest BCUT2D eigenvalue weighted by Gasteiger charge is 2.24. The molecular weight excluding hydrogens is 286 g/mol. The number of hydrogen-bond acceptors (Lipinski definition) is 3. The Labute approximate surface area is 133 Å². The van der Waals surface area contributed by atoms with Crippen molar-refractivity contribution in [3.05, 3.63) is 30.3 Å². The zero-order chi connectivity index (χ0) is 14.4. The van der Waals surface area contributed by atoms with Gasteiger partial charge in [0.15, 0.2) is 0 Å². The molecule has 1 unspecified atom stereocenters. The van der Waals surface area contributed by atoms with Crippen LogP contribution >= 0.6 is 12.4 Å². The van der Waals surface area contributed by atoms with Gasteiger partial charge >= 0.3 is 0 Å². The third-order valence-corrected chi connectivity index (χ3v) is 4.10. The molecule has 0 aliphatic carbocycles. The summed E-state index contributed by atoms with van der Waals surface area (Å²) in [4.78, 5) is 16.5. The second-order valence-corrected chi connectivity index (χ2v) is 5.49. The number of benzene rings is 1. The monoisotopic (exact) mass is 311 g/mol. The Morgan fingerprint density at radius 2 is 2.05 bits per heavy atom. The first-order chi connectivity index (χ1) is 9.72. The van der Waals surface area contributed by atoms with Gasteiger partial charge in [-0.25, -0.2) is 0 Å². The van der Waals surface area contributed by atoms with Crippen LogP contribution in [0, 0.1) is 0 Å². The lowest BCUT2D eigenvalue weighted by Gasteiger charge is -2.36. The number of anilines is 1. The van der Waals surface area contributed by atoms with Crippen LogP contribution in [0.3, 0.4) is 0 Å². The molecule has 1 aromatic rings. The number of para-hydroxylation sites is 1. The molecular formula is C16H26ClN3O. The van der Waals surface area contributed by atoms with Crippen LogP contribution in [0.15, 0.2) is 30.3 Å². The molecule has 0 aromatic heterocycles. The fraction of sp³-hybridized carbons (Fsp3) is 0.562. The van der Waals surface area contributed by atoms with E-state index in [0.29, 0.717) is 19.1 Å². The van der Waals surface area contributed by atoms with Gasteiger partial charge in [0.1, 0.15) is 0 Å². The zero-order valence-corrected chi connectivity index (χ0v) is 13.5. The number of nitrogens with zero attached hydrogens (tertiary/aromatic N) is 2. The molecule has 1 aliphatic heterocycles. The van der Waals surface area contributed by atoms with Gasteiger partial charge in [-0.05, 0) is 44.5 Å². The van der Waals surface area contributed by atoms with Crippen LogP contribution in [0.5, 0.6) is 0 Å². The minimum Gasteiger partial charge on any atom is -0.330 e. The van der Waals surface area contributed by atoms with Crippen molar-refractivity contribution in [2.24, 2.45) is 5.73 Å². The maximum atomic E-state index is 12.4. The maximum absolute atomic E-state index is 12.4. The van der Waals surface area contributed by atoms with Gasteiger partial charge < -0.3 is 10.6 Å². The van der Waals surface area contributed by atoms with E-state index >= 15 is 0 Å². The average molecular weight is 312 g/mol. The predicted molar refractivity (Wildman–Crippen MR) is 90.0 cm³/mol. The van der Waals surface area contributed by atoms with Crippen molar-refractivity contribution >= 4 is 24.0 Å². The van der Waals surface area contributed by atoms with Crippen LogP contribution in [0.1, 0.15) is 25.7 Å². The molecule has 21 heavy (non-hydrogen) atoms. The second kappa shape index (κ2) is 9.03. The SMILES string of the molecule is CN(C(=O)CN1CCCCC1CCN)c1ccccc1.Cl. The molecule has 4 nitrogen and oxygen atoms in total. The molecule has 1 aromatic carbocycles. The van der Waals surface area contributed by atoms with Crippen molar-refractivity contribution in [2.75, 3.05) is 31.6 Å². The van der Waals surface area contributed by atoms with Crippen LogP contribution in [0.2, 0.25) is 0 Å². The van der Waals surface area contributed by atoms with Crippen molar-refractivity contribution in [3.8, 4) is 0 Å². The number of rotatable bonds is 5. The standard InChI is InChI=1S/C16H25N3O.ClH/c1-18(14-7-3-2-4-8-14)16(20)13-19-12-6-5-9-15(19)10-11-17;/h2-4,7-8,15H,5-6,9-13,17H2,1H3;1H. The van der Waals surface area contributed by atoms with E-state index in [2.05, 4.69) is 4.90 Å². The molecule has 1 aliphatic rings. The Morgan fingerprint density at radius 3 is 2.71 bits per heavy atom. The molecule has 1 fully saturated rings. The molecule has 0 saturated carbocycles. The summed E-state index contributed by atoms with van der Waals surface area (Å²) in [5, 5.41) is 0. The highest BCUT2D eigenvalue weighted by Crippen LogP contribution is 2.20. The second-order valence-electron chi connectivity index (χ2n) is 5.49. The van der Waals surface area contributed by atoms with Gasteiger partial charge in [-0.3, -0.25) is 9.69 Å². The third kappa shape index (κ3) is 4.99. The average Bonchev–Trinajstić information content (AvgIpc) is 2.49. The third-order valence-electron chi connectivity index (χ3n) is 4.10. The molecule has 0 radical (unpaired) electrons. The van der Waals surface area contributed by atoms with Crippen LogP contribution in [-0.4, -0.2) is 43.5 Å².